The monoisotopic (exact) mass is 362 g/mol. The molecule has 1 atom stereocenters. The number of fused-ring (bicyclic) bond motifs is 3. The molecule has 4 nitrogen and oxygen atoms in total. The Bertz CT molecular complexity index is 932. The van der Waals surface area contributed by atoms with Gasteiger partial charge in [0.05, 0.1) is 13.7 Å². The van der Waals surface area contributed by atoms with E-state index >= 15 is 0 Å². The molecular weight excluding hydrogens is 336 g/mol. The summed E-state index contributed by atoms with van der Waals surface area (Å²) in [5, 5.41) is 3.27. The van der Waals surface area contributed by atoms with Crippen molar-refractivity contribution in [2.24, 2.45) is 0 Å². The van der Waals surface area contributed by atoms with Crippen LogP contribution in [0.3, 0.4) is 0 Å². The molecule has 0 aliphatic carbocycles. The molecule has 0 unspecified atom stereocenters. The van der Waals surface area contributed by atoms with Crippen LogP contribution in [0.15, 0.2) is 48.5 Å². The summed E-state index contributed by atoms with van der Waals surface area (Å²) in [6.45, 7) is 6.97. The lowest BCUT2D eigenvalue weighted by atomic mass is 9.75. The molecule has 0 radical (unpaired) electrons. The van der Waals surface area contributed by atoms with Crippen LogP contribution in [0.2, 0.25) is 0 Å². The molecule has 1 saturated heterocycles. The van der Waals surface area contributed by atoms with Gasteiger partial charge < -0.3 is 15.0 Å². The van der Waals surface area contributed by atoms with Crippen molar-refractivity contribution in [3.05, 3.63) is 65.2 Å². The Morgan fingerprint density at radius 1 is 1.22 bits per heavy atom. The number of amides is 1. The number of rotatable bonds is 4. The molecule has 1 fully saturated rings. The van der Waals surface area contributed by atoms with Crippen molar-refractivity contribution >= 4 is 17.7 Å². The van der Waals surface area contributed by atoms with Gasteiger partial charge in [0.25, 0.3) is 0 Å². The van der Waals surface area contributed by atoms with Crippen molar-refractivity contribution in [3.8, 4) is 5.75 Å². The van der Waals surface area contributed by atoms with E-state index in [0.717, 1.165) is 23.4 Å². The fourth-order valence-electron chi connectivity index (χ4n) is 4.46. The molecule has 27 heavy (non-hydrogen) atoms. The Hall–Kier alpha value is -2.75. The third kappa shape index (κ3) is 2.47. The first-order chi connectivity index (χ1) is 12.9. The molecular formula is C23H26N2O2. The van der Waals surface area contributed by atoms with Crippen LogP contribution < -0.4 is 15.0 Å². The van der Waals surface area contributed by atoms with Crippen molar-refractivity contribution in [3.63, 3.8) is 0 Å². The van der Waals surface area contributed by atoms with E-state index in [1.165, 1.54) is 11.1 Å². The van der Waals surface area contributed by atoms with Crippen LogP contribution in [0, 0.1) is 0 Å². The summed E-state index contributed by atoms with van der Waals surface area (Å²) >= 11 is 0. The van der Waals surface area contributed by atoms with Crippen LogP contribution in [-0.2, 0) is 16.6 Å². The summed E-state index contributed by atoms with van der Waals surface area (Å²) in [4.78, 5) is 14.6. The average molecular weight is 362 g/mol. The van der Waals surface area contributed by atoms with E-state index in [9.17, 15) is 4.79 Å². The van der Waals surface area contributed by atoms with Gasteiger partial charge in [-0.1, -0.05) is 57.2 Å². The Morgan fingerprint density at radius 3 is 2.74 bits per heavy atom. The first-order valence-electron chi connectivity index (χ1n) is 9.47. The zero-order valence-electron chi connectivity index (χ0n) is 16.4. The maximum absolute atomic E-state index is 12.4. The Morgan fingerprint density at radius 2 is 2.00 bits per heavy atom. The number of hydrogen-bond donors (Lipinski definition) is 1. The molecule has 2 aromatic rings. The number of aryl methyl sites for hydroxylation is 1. The van der Waals surface area contributed by atoms with Crippen LogP contribution in [-0.4, -0.2) is 25.2 Å². The van der Waals surface area contributed by atoms with Gasteiger partial charge >= 0.3 is 0 Å². The first-order valence-corrected chi connectivity index (χ1v) is 9.47. The van der Waals surface area contributed by atoms with Crippen LogP contribution in [0.4, 0.5) is 5.69 Å². The van der Waals surface area contributed by atoms with E-state index in [1.807, 2.05) is 24.3 Å². The third-order valence-corrected chi connectivity index (χ3v) is 6.09. The minimum Gasteiger partial charge on any atom is -0.496 e. The smallest absolute Gasteiger partial charge is 0.241 e. The SMILES string of the molecule is CCc1ccc2c(c1)C(C)(C)[C@]1(/C=C/c3ccccc3OC)NC(=O)CN21. The van der Waals surface area contributed by atoms with Gasteiger partial charge in [-0.3, -0.25) is 4.79 Å². The van der Waals surface area contributed by atoms with Crippen molar-refractivity contribution in [1.82, 2.24) is 5.32 Å². The molecule has 0 aromatic heterocycles. The van der Waals surface area contributed by atoms with Gasteiger partial charge in [-0.2, -0.15) is 0 Å². The summed E-state index contributed by atoms with van der Waals surface area (Å²) in [5.41, 5.74) is 3.89. The Labute approximate surface area is 160 Å². The van der Waals surface area contributed by atoms with Gasteiger partial charge in [0.2, 0.25) is 5.91 Å². The maximum atomic E-state index is 12.4. The predicted molar refractivity (Wildman–Crippen MR) is 109 cm³/mol. The Kier molecular flexibility index (Phi) is 4.02. The number of nitrogens with zero attached hydrogens (tertiary/aromatic N) is 1. The molecule has 2 aromatic carbocycles. The molecule has 1 N–H and O–H groups in total. The molecule has 0 bridgehead atoms. The van der Waals surface area contributed by atoms with Gasteiger partial charge in [-0.05, 0) is 35.8 Å². The lowest BCUT2D eigenvalue weighted by Crippen LogP contribution is -2.58. The maximum Gasteiger partial charge on any atom is 0.241 e. The first kappa shape index (κ1) is 17.7. The third-order valence-electron chi connectivity index (χ3n) is 6.09. The van der Waals surface area contributed by atoms with Crippen LogP contribution in [0.1, 0.15) is 37.5 Å². The van der Waals surface area contributed by atoms with E-state index in [4.69, 9.17) is 4.74 Å². The van der Waals surface area contributed by atoms with Crippen molar-refractivity contribution < 1.29 is 9.53 Å². The van der Waals surface area contributed by atoms with Crippen LogP contribution in [0.5, 0.6) is 5.75 Å². The van der Waals surface area contributed by atoms with E-state index < -0.39 is 5.66 Å². The predicted octanol–water partition coefficient (Wildman–Crippen LogP) is 3.89. The van der Waals surface area contributed by atoms with E-state index in [0.29, 0.717) is 6.54 Å². The highest BCUT2D eigenvalue weighted by Gasteiger charge is 2.59. The quantitative estimate of drug-likeness (QED) is 0.897. The summed E-state index contributed by atoms with van der Waals surface area (Å²) in [7, 11) is 1.68. The van der Waals surface area contributed by atoms with Crippen molar-refractivity contribution in [2.45, 2.75) is 38.3 Å². The van der Waals surface area contributed by atoms with E-state index in [-0.39, 0.29) is 11.3 Å². The number of para-hydroxylation sites is 1. The normalized spacial score (nSPS) is 22.7. The molecule has 2 heterocycles. The number of hydrogen-bond acceptors (Lipinski definition) is 3. The topological polar surface area (TPSA) is 41.6 Å². The summed E-state index contributed by atoms with van der Waals surface area (Å²) in [6, 6.07) is 14.5. The number of nitrogens with one attached hydrogen (secondary N) is 1. The fourth-order valence-corrected chi connectivity index (χ4v) is 4.46. The minimum atomic E-state index is -0.584. The van der Waals surface area contributed by atoms with Gasteiger partial charge in [0.1, 0.15) is 11.4 Å². The number of ether oxygens (including phenoxy) is 1. The standard InChI is InChI=1S/C23H26N2O2/c1-5-16-10-11-19-18(14-16)22(2,3)23(24-21(26)15-25(19)23)13-12-17-8-6-7-9-20(17)27-4/h6-14H,5,15H2,1-4H3,(H,24,26)/b13-12+/t23-/m1/s1. The van der Waals surface area contributed by atoms with Gasteiger partial charge in [0, 0.05) is 16.7 Å². The highest BCUT2D eigenvalue weighted by Crippen LogP contribution is 2.53. The molecule has 0 spiro atoms. The molecule has 4 heteroatoms. The molecule has 0 saturated carbocycles. The second-order valence-corrected chi connectivity index (χ2v) is 7.81. The highest BCUT2D eigenvalue weighted by molar-refractivity contribution is 5.91. The molecule has 1 amide bonds. The second kappa shape index (κ2) is 6.15. The Balaban J connectivity index is 1.84. The van der Waals surface area contributed by atoms with Gasteiger partial charge in [-0.15, -0.1) is 0 Å². The zero-order chi connectivity index (χ0) is 19.2. The van der Waals surface area contributed by atoms with Gasteiger partial charge in [0.15, 0.2) is 0 Å². The molecule has 2 aliphatic heterocycles. The molecule has 140 valence electrons. The van der Waals surface area contributed by atoms with Crippen molar-refractivity contribution in [2.75, 3.05) is 18.6 Å². The zero-order valence-corrected chi connectivity index (χ0v) is 16.4. The summed E-state index contributed by atoms with van der Waals surface area (Å²) < 4.78 is 5.48. The number of benzene rings is 2. The number of methoxy groups -OCH3 is 1. The number of anilines is 1. The fraction of sp³-hybridized carbons (Fsp3) is 0.348. The number of carbonyl (C=O) groups excluding carboxylic acids is 1. The van der Waals surface area contributed by atoms with E-state index in [1.54, 1.807) is 7.11 Å². The largest absolute Gasteiger partial charge is 0.496 e. The average Bonchev–Trinajstić information content (AvgIpc) is 3.10. The van der Waals surface area contributed by atoms with Crippen LogP contribution >= 0.6 is 0 Å². The lowest BCUT2D eigenvalue weighted by Gasteiger charge is -2.40. The lowest BCUT2D eigenvalue weighted by molar-refractivity contribution is -0.118. The van der Waals surface area contributed by atoms with Crippen LogP contribution in [0.25, 0.3) is 6.08 Å². The molecule has 4 rings (SSSR count). The van der Waals surface area contributed by atoms with Crippen molar-refractivity contribution in [1.29, 1.82) is 0 Å². The number of carbonyl (C=O) groups is 1. The van der Waals surface area contributed by atoms with E-state index in [2.05, 4.69) is 61.3 Å². The minimum absolute atomic E-state index is 0.0537. The summed E-state index contributed by atoms with van der Waals surface area (Å²) in [5.74, 6) is 0.876. The molecule has 2 aliphatic rings. The van der Waals surface area contributed by atoms with Gasteiger partial charge in [-0.25, -0.2) is 0 Å². The summed E-state index contributed by atoms with van der Waals surface area (Å²) in [6.07, 6.45) is 5.19. The highest BCUT2D eigenvalue weighted by atomic mass is 16.5. The second-order valence-electron chi connectivity index (χ2n) is 7.81.